The molecule has 10 heteroatoms. The van der Waals surface area contributed by atoms with Crippen LogP contribution >= 0.6 is 23.1 Å². The molecule has 6 nitrogen and oxygen atoms in total. The van der Waals surface area contributed by atoms with E-state index in [0.717, 1.165) is 6.07 Å². The molecule has 24 heavy (non-hydrogen) atoms. The molecular formula is C14H10ClFN4O2S2. The number of carbonyl (C=O) groups excluding carboxylic acids is 1. The summed E-state index contributed by atoms with van der Waals surface area (Å²) in [4.78, 5) is 12.5. The molecule has 1 aliphatic rings. The van der Waals surface area contributed by atoms with Gasteiger partial charge in [0.05, 0.1) is 5.02 Å². The number of allylic oxidation sites excluding steroid dienone is 1. The first-order valence-electron chi connectivity index (χ1n) is 6.59. The van der Waals surface area contributed by atoms with Crippen LogP contribution in [0.15, 0.2) is 45.8 Å². The Morgan fingerprint density at radius 2 is 2.21 bits per heavy atom. The van der Waals surface area contributed by atoms with E-state index in [1.165, 1.54) is 41.1 Å². The monoisotopic (exact) mass is 384 g/mol. The predicted molar refractivity (Wildman–Crippen MR) is 92.7 cm³/mol. The lowest BCUT2D eigenvalue weighted by Crippen LogP contribution is -2.32. The number of aromatic nitrogens is 1. The summed E-state index contributed by atoms with van der Waals surface area (Å²) < 4.78 is 34.6. The van der Waals surface area contributed by atoms with Crippen molar-refractivity contribution < 1.29 is 13.4 Å². The third-order valence-corrected chi connectivity index (χ3v) is 5.00. The maximum atomic E-state index is 13.2. The average Bonchev–Trinajstić information content (AvgIpc) is 3.08. The number of hydrogen-bond donors (Lipinski definition) is 1. The highest BCUT2D eigenvalue weighted by molar-refractivity contribution is 7.81. The molecule has 1 aromatic carbocycles. The fourth-order valence-electron chi connectivity index (χ4n) is 1.92. The smallest absolute Gasteiger partial charge is 0.272 e. The molecule has 0 fully saturated rings. The fourth-order valence-corrected chi connectivity index (χ4v) is 3.36. The van der Waals surface area contributed by atoms with E-state index in [4.69, 9.17) is 11.6 Å². The van der Waals surface area contributed by atoms with Gasteiger partial charge in [0, 0.05) is 18.1 Å². The van der Waals surface area contributed by atoms with Crippen LogP contribution in [0.5, 0.6) is 0 Å². The van der Waals surface area contributed by atoms with E-state index in [0.29, 0.717) is 17.1 Å². The van der Waals surface area contributed by atoms with E-state index in [9.17, 15) is 13.4 Å². The van der Waals surface area contributed by atoms with Gasteiger partial charge in [-0.2, -0.15) is 8.77 Å². The molecule has 2 aromatic rings. The molecule has 0 spiro atoms. The van der Waals surface area contributed by atoms with E-state index >= 15 is 0 Å². The van der Waals surface area contributed by atoms with Crippen molar-refractivity contribution in [2.45, 2.75) is 0 Å². The summed E-state index contributed by atoms with van der Waals surface area (Å²) in [5.41, 5.74) is 1.36. The number of rotatable bonds is 3. The number of nitrogens with zero attached hydrogens (tertiary/aromatic N) is 3. The number of halogens is 2. The lowest BCUT2D eigenvalue weighted by atomic mass is 10.2. The Hall–Kier alpha value is -2.10. The van der Waals surface area contributed by atoms with E-state index in [2.05, 4.69) is 14.1 Å². The van der Waals surface area contributed by atoms with Crippen LogP contribution in [-0.2, 0) is 16.0 Å². The highest BCUT2D eigenvalue weighted by Gasteiger charge is 2.25. The van der Waals surface area contributed by atoms with Gasteiger partial charge in [0.1, 0.15) is 22.9 Å². The van der Waals surface area contributed by atoms with Crippen molar-refractivity contribution in [3.8, 4) is 0 Å². The van der Waals surface area contributed by atoms with Crippen LogP contribution in [-0.4, -0.2) is 31.6 Å². The van der Waals surface area contributed by atoms with Gasteiger partial charge in [0.2, 0.25) is 11.2 Å². The zero-order chi connectivity index (χ0) is 17.3. The van der Waals surface area contributed by atoms with Crippen molar-refractivity contribution in [3.63, 3.8) is 0 Å². The number of benzene rings is 1. The van der Waals surface area contributed by atoms with Crippen LogP contribution in [0, 0.1) is 5.82 Å². The first kappa shape index (κ1) is 16.7. The van der Waals surface area contributed by atoms with E-state index < -0.39 is 22.9 Å². The van der Waals surface area contributed by atoms with Crippen molar-refractivity contribution >= 4 is 51.6 Å². The van der Waals surface area contributed by atoms with Crippen LogP contribution in [0.3, 0.4) is 0 Å². The van der Waals surface area contributed by atoms with Gasteiger partial charge in [-0.1, -0.05) is 11.6 Å². The second-order valence-corrected chi connectivity index (χ2v) is 6.97. The van der Waals surface area contributed by atoms with Gasteiger partial charge in [-0.25, -0.2) is 8.60 Å². The molecular weight excluding hydrogens is 375 g/mol. The largest absolute Gasteiger partial charge is 0.321 e. The quantitative estimate of drug-likeness (QED) is 0.884. The Morgan fingerprint density at radius 3 is 2.88 bits per heavy atom. The fraction of sp³-hybridized carbons (Fsp3) is 0.0714. The standard InChI is InChI=1S/C14H10ClFN4O2S2/c1-20-13(7-12(19-24(20)22)11-4-5-23-18-11)14(21)17-8-2-3-10(16)9(15)6-8/h2-7H,1H3,(H,17,21). The molecule has 3 rings (SSSR count). The highest BCUT2D eigenvalue weighted by atomic mass is 35.5. The second-order valence-electron chi connectivity index (χ2n) is 4.70. The Balaban J connectivity index is 1.88. The minimum absolute atomic E-state index is 0.105. The van der Waals surface area contributed by atoms with Crippen molar-refractivity contribution in [2.75, 3.05) is 12.4 Å². The van der Waals surface area contributed by atoms with Crippen molar-refractivity contribution in [3.05, 3.63) is 58.0 Å². The molecule has 1 unspecified atom stereocenters. The van der Waals surface area contributed by atoms with Gasteiger partial charge in [-0.3, -0.25) is 9.10 Å². The van der Waals surface area contributed by atoms with Crippen molar-refractivity contribution in [1.82, 2.24) is 8.68 Å². The Kier molecular flexibility index (Phi) is 4.74. The molecule has 0 aliphatic carbocycles. The SMILES string of the molecule is CN1C(C(=O)Nc2ccc(F)c(Cl)c2)=CC(c2ccsn2)=NS1=O. The van der Waals surface area contributed by atoms with Crippen LogP contribution in [0.4, 0.5) is 10.1 Å². The first-order chi connectivity index (χ1) is 11.5. The Labute approximate surface area is 148 Å². The molecule has 1 N–H and O–H groups in total. The van der Waals surface area contributed by atoms with Gasteiger partial charge in [0.25, 0.3) is 5.91 Å². The number of anilines is 1. The first-order valence-corrected chi connectivity index (χ1v) is 8.87. The maximum absolute atomic E-state index is 13.2. The van der Waals surface area contributed by atoms with Gasteiger partial charge in [-0.15, -0.1) is 0 Å². The molecule has 124 valence electrons. The molecule has 0 radical (unpaired) electrons. The minimum atomic E-state index is -1.75. The molecule has 2 heterocycles. The zero-order valence-electron chi connectivity index (χ0n) is 12.2. The maximum Gasteiger partial charge on any atom is 0.272 e. The van der Waals surface area contributed by atoms with Gasteiger partial charge >= 0.3 is 0 Å². The van der Waals surface area contributed by atoms with Crippen LogP contribution in [0.25, 0.3) is 0 Å². The minimum Gasteiger partial charge on any atom is -0.321 e. The van der Waals surface area contributed by atoms with Crippen LogP contribution in [0.1, 0.15) is 5.69 Å². The van der Waals surface area contributed by atoms with Gasteiger partial charge in [-0.05, 0) is 41.9 Å². The summed E-state index contributed by atoms with van der Waals surface area (Å²) in [6.45, 7) is 0. The van der Waals surface area contributed by atoms with E-state index in [-0.39, 0.29) is 10.7 Å². The highest BCUT2D eigenvalue weighted by Crippen LogP contribution is 2.22. The number of nitrogens with one attached hydrogen (secondary N) is 1. The topological polar surface area (TPSA) is 74.7 Å². The third kappa shape index (κ3) is 3.37. The van der Waals surface area contributed by atoms with E-state index in [1.54, 1.807) is 11.4 Å². The molecule has 1 atom stereocenters. The molecule has 1 aromatic heterocycles. The summed E-state index contributed by atoms with van der Waals surface area (Å²) in [5, 5.41) is 4.24. The second kappa shape index (κ2) is 6.80. The summed E-state index contributed by atoms with van der Waals surface area (Å²) in [6, 6.07) is 5.55. The van der Waals surface area contributed by atoms with Crippen LogP contribution < -0.4 is 5.32 Å². The normalized spacial score (nSPS) is 17.3. The van der Waals surface area contributed by atoms with E-state index in [1.807, 2.05) is 0 Å². The predicted octanol–water partition coefficient (Wildman–Crippen LogP) is 2.77. The number of carbonyl (C=O) groups is 1. The Morgan fingerprint density at radius 1 is 1.42 bits per heavy atom. The van der Waals surface area contributed by atoms with Crippen molar-refractivity contribution in [1.29, 1.82) is 0 Å². The average molecular weight is 385 g/mol. The lowest BCUT2D eigenvalue weighted by molar-refractivity contribution is -0.113. The summed E-state index contributed by atoms with van der Waals surface area (Å²) in [6.07, 6.45) is 1.50. The number of amides is 1. The lowest BCUT2D eigenvalue weighted by Gasteiger charge is -2.22. The zero-order valence-corrected chi connectivity index (χ0v) is 14.6. The molecule has 0 bridgehead atoms. The van der Waals surface area contributed by atoms with Gasteiger partial charge in [0.15, 0.2) is 0 Å². The summed E-state index contributed by atoms with van der Waals surface area (Å²) in [7, 11) is 1.49. The number of hydrogen-bond acceptors (Lipinski definition) is 4. The van der Waals surface area contributed by atoms with Crippen LogP contribution in [0.2, 0.25) is 5.02 Å². The van der Waals surface area contributed by atoms with Crippen molar-refractivity contribution in [2.24, 2.45) is 4.40 Å². The molecule has 1 amide bonds. The molecule has 0 saturated heterocycles. The molecule has 0 saturated carbocycles. The third-order valence-electron chi connectivity index (χ3n) is 3.13. The molecule has 1 aliphatic heterocycles. The summed E-state index contributed by atoms with van der Waals surface area (Å²) in [5.74, 6) is -1.10. The van der Waals surface area contributed by atoms with Gasteiger partial charge < -0.3 is 5.32 Å². The Bertz CT molecular complexity index is 883. The number of likely N-dealkylation sites (N-methyl/N-ethyl adjacent to an activating group) is 1. The summed E-state index contributed by atoms with van der Waals surface area (Å²) >= 11 is 5.18.